The third kappa shape index (κ3) is 5.44. The van der Waals surface area contributed by atoms with E-state index < -0.39 is 5.91 Å². The molecule has 0 radical (unpaired) electrons. The number of nitriles is 1. The second-order valence-corrected chi connectivity index (χ2v) is 6.34. The molecule has 2 aromatic carbocycles. The largest absolute Gasteiger partial charge is 0.395 e. The molecule has 0 aromatic heterocycles. The molecule has 27 heavy (non-hydrogen) atoms. The van der Waals surface area contributed by atoms with Crippen molar-refractivity contribution in [1.29, 1.82) is 5.26 Å². The van der Waals surface area contributed by atoms with Crippen molar-refractivity contribution >= 4 is 23.4 Å². The Balaban J connectivity index is 2.24. The lowest BCUT2D eigenvalue weighted by Gasteiger charge is -2.22. The highest BCUT2D eigenvalue weighted by Crippen LogP contribution is 2.21. The van der Waals surface area contributed by atoms with E-state index in [1.54, 1.807) is 12.1 Å². The van der Waals surface area contributed by atoms with E-state index in [0.29, 0.717) is 12.2 Å². The number of carbonyl (C=O) groups is 1. The molecule has 5 heteroatoms. The van der Waals surface area contributed by atoms with E-state index in [1.165, 1.54) is 0 Å². The van der Waals surface area contributed by atoms with Crippen molar-refractivity contribution in [3.05, 3.63) is 64.7 Å². The van der Waals surface area contributed by atoms with Crippen molar-refractivity contribution in [3.63, 3.8) is 0 Å². The number of benzene rings is 2. The average Bonchev–Trinajstić information content (AvgIpc) is 2.65. The maximum absolute atomic E-state index is 12.4. The third-order valence-corrected chi connectivity index (χ3v) is 4.31. The molecule has 2 rings (SSSR count). The van der Waals surface area contributed by atoms with Gasteiger partial charge in [-0.2, -0.15) is 5.26 Å². The van der Waals surface area contributed by atoms with Gasteiger partial charge in [-0.15, -0.1) is 0 Å². The number of rotatable bonds is 7. The van der Waals surface area contributed by atoms with Crippen molar-refractivity contribution in [3.8, 4) is 6.07 Å². The van der Waals surface area contributed by atoms with E-state index in [4.69, 9.17) is 0 Å². The number of hydrogen-bond donors (Lipinski definition) is 2. The van der Waals surface area contributed by atoms with Gasteiger partial charge in [-0.1, -0.05) is 18.2 Å². The fourth-order valence-electron chi connectivity index (χ4n) is 2.83. The molecule has 0 bridgehead atoms. The van der Waals surface area contributed by atoms with E-state index in [2.05, 4.69) is 10.2 Å². The molecule has 0 saturated carbocycles. The molecule has 0 aliphatic rings. The Hall–Kier alpha value is -3.10. The maximum atomic E-state index is 12.4. The summed E-state index contributed by atoms with van der Waals surface area (Å²) in [5.74, 6) is -0.429. The van der Waals surface area contributed by atoms with E-state index in [0.717, 1.165) is 28.9 Å². The SMILES string of the molecule is CCN(CCO)c1ccc(/C=C(\C#N)C(=O)Nc2cccc(C)c2)c(C)c1. The van der Waals surface area contributed by atoms with Gasteiger partial charge in [-0.25, -0.2) is 0 Å². The molecule has 0 fully saturated rings. The van der Waals surface area contributed by atoms with Gasteiger partial charge in [0, 0.05) is 24.5 Å². The summed E-state index contributed by atoms with van der Waals surface area (Å²) < 4.78 is 0. The molecule has 0 saturated heterocycles. The Labute approximate surface area is 160 Å². The standard InChI is InChI=1S/C22H25N3O2/c1-4-25(10-11-26)21-9-8-18(17(3)13-21)14-19(15-23)22(27)24-20-7-5-6-16(2)12-20/h5-9,12-14,26H,4,10-11H2,1-3H3,(H,24,27)/b19-14+. The van der Waals surface area contributed by atoms with E-state index in [-0.39, 0.29) is 12.2 Å². The molecule has 0 heterocycles. The van der Waals surface area contributed by atoms with Crippen LogP contribution in [0.1, 0.15) is 23.6 Å². The van der Waals surface area contributed by atoms with Crippen LogP contribution >= 0.6 is 0 Å². The number of carbonyl (C=O) groups excluding carboxylic acids is 1. The number of aliphatic hydroxyl groups is 1. The fraction of sp³-hybridized carbons (Fsp3) is 0.273. The number of likely N-dealkylation sites (N-methyl/N-ethyl adjacent to an activating group) is 1. The van der Waals surface area contributed by atoms with Gasteiger partial charge in [-0.05, 0) is 67.8 Å². The Morgan fingerprint density at radius 3 is 2.63 bits per heavy atom. The normalized spacial score (nSPS) is 11.0. The van der Waals surface area contributed by atoms with Crippen LogP contribution in [0.15, 0.2) is 48.0 Å². The molecular formula is C22H25N3O2. The predicted octanol–water partition coefficient (Wildman–Crippen LogP) is 3.67. The lowest BCUT2D eigenvalue weighted by Crippen LogP contribution is -2.26. The Morgan fingerprint density at radius 2 is 2.04 bits per heavy atom. The van der Waals surface area contributed by atoms with Gasteiger partial charge < -0.3 is 15.3 Å². The summed E-state index contributed by atoms with van der Waals surface area (Å²) in [6.45, 7) is 7.35. The van der Waals surface area contributed by atoms with Crippen molar-refractivity contribution < 1.29 is 9.90 Å². The predicted molar refractivity (Wildman–Crippen MR) is 110 cm³/mol. The summed E-state index contributed by atoms with van der Waals surface area (Å²) in [5, 5.41) is 21.4. The first-order valence-electron chi connectivity index (χ1n) is 8.94. The summed E-state index contributed by atoms with van der Waals surface area (Å²) in [6.07, 6.45) is 1.60. The molecule has 0 atom stereocenters. The van der Waals surface area contributed by atoms with Gasteiger partial charge in [-0.3, -0.25) is 4.79 Å². The van der Waals surface area contributed by atoms with E-state index in [9.17, 15) is 15.2 Å². The third-order valence-electron chi connectivity index (χ3n) is 4.31. The molecule has 5 nitrogen and oxygen atoms in total. The molecule has 2 N–H and O–H groups in total. The molecule has 2 aromatic rings. The highest BCUT2D eigenvalue weighted by molar-refractivity contribution is 6.09. The Kier molecular flexibility index (Phi) is 7.16. The monoisotopic (exact) mass is 363 g/mol. The lowest BCUT2D eigenvalue weighted by atomic mass is 10.0. The number of anilines is 2. The van der Waals surface area contributed by atoms with Gasteiger partial charge in [0.05, 0.1) is 6.61 Å². The van der Waals surface area contributed by atoms with E-state index >= 15 is 0 Å². The quantitative estimate of drug-likeness (QED) is 0.581. The minimum Gasteiger partial charge on any atom is -0.395 e. The number of nitrogens with zero attached hydrogens (tertiary/aromatic N) is 2. The van der Waals surface area contributed by atoms with Crippen LogP contribution in [-0.4, -0.2) is 30.7 Å². The van der Waals surface area contributed by atoms with Crippen LogP contribution in [0.5, 0.6) is 0 Å². The zero-order valence-corrected chi connectivity index (χ0v) is 16.0. The summed E-state index contributed by atoms with van der Waals surface area (Å²) in [5.41, 5.74) is 4.52. The lowest BCUT2D eigenvalue weighted by molar-refractivity contribution is -0.112. The summed E-state index contributed by atoms with van der Waals surface area (Å²) in [6, 6.07) is 15.3. The summed E-state index contributed by atoms with van der Waals surface area (Å²) >= 11 is 0. The molecular weight excluding hydrogens is 338 g/mol. The number of nitrogens with one attached hydrogen (secondary N) is 1. The van der Waals surface area contributed by atoms with Gasteiger partial charge in [0.15, 0.2) is 0 Å². The van der Waals surface area contributed by atoms with Gasteiger partial charge in [0.1, 0.15) is 11.6 Å². The minimum absolute atomic E-state index is 0.0510. The first-order valence-corrected chi connectivity index (χ1v) is 8.94. The molecule has 0 unspecified atom stereocenters. The number of aryl methyl sites for hydroxylation is 2. The highest BCUT2D eigenvalue weighted by Gasteiger charge is 2.11. The molecule has 0 aliphatic heterocycles. The van der Waals surface area contributed by atoms with Gasteiger partial charge in [0.25, 0.3) is 5.91 Å². The molecule has 1 amide bonds. The van der Waals surface area contributed by atoms with Crippen molar-refractivity contribution in [2.24, 2.45) is 0 Å². The van der Waals surface area contributed by atoms with Gasteiger partial charge in [0.2, 0.25) is 0 Å². The number of hydrogen-bond acceptors (Lipinski definition) is 4. The van der Waals surface area contributed by atoms with Crippen LogP contribution in [0.2, 0.25) is 0 Å². The Morgan fingerprint density at radius 1 is 1.26 bits per heavy atom. The second-order valence-electron chi connectivity index (χ2n) is 6.34. The fourth-order valence-corrected chi connectivity index (χ4v) is 2.83. The molecule has 0 aliphatic carbocycles. The zero-order valence-electron chi connectivity index (χ0n) is 16.0. The summed E-state index contributed by atoms with van der Waals surface area (Å²) in [4.78, 5) is 14.5. The summed E-state index contributed by atoms with van der Waals surface area (Å²) in [7, 11) is 0. The van der Waals surface area contributed by atoms with Crippen molar-refractivity contribution in [2.75, 3.05) is 29.9 Å². The first-order chi connectivity index (χ1) is 13.0. The van der Waals surface area contributed by atoms with Gasteiger partial charge >= 0.3 is 0 Å². The Bertz CT molecular complexity index is 881. The second kappa shape index (κ2) is 9.56. The van der Waals surface area contributed by atoms with Crippen LogP contribution in [-0.2, 0) is 4.79 Å². The van der Waals surface area contributed by atoms with Crippen LogP contribution in [0, 0.1) is 25.2 Å². The van der Waals surface area contributed by atoms with Crippen molar-refractivity contribution in [1.82, 2.24) is 0 Å². The van der Waals surface area contributed by atoms with Crippen LogP contribution in [0.4, 0.5) is 11.4 Å². The first kappa shape index (κ1) is 20.2. The van der Waals surface area contributed by atoms with Crippen LogP contribution in [0.25, 0.3) is 6.08 Å². The maximum Gasteiger partial charge on any atom is 0.266 e. The smallest absolute Gasteiger partial charge is 0.266 e. The van der Waals surface area contributed by atoms with Crippen LogP contribution in [0.3, 0.4) is 0 Å². The number of aliphatic hydroxyl groups excluding tert-OH is 1. The topological polar surface area (TPSA) is 76.4 Å². The average molecular weight is 363 g/mol. The van der Waals surface area contributed by atoms with Crippen LogP contribution < -0.4 is 10.2 Å². The number of amides is 1. The molecule has 0 spiro atoms. The highest BCUT2D eigenvalue weighted by atomic mass is 16.3. The van der Waals surface area contributed by atoms with Crippen molar-refractivity contribution in [2.45, 2.75) is 20.8 Å². The van der Waals surface area contributed by atoms with E-state index in [1.807, 2.05) is 63.2 Å². The zero-order chi connectivity index (χ0) is 19.8. The molecule has 140 valence electrons. The minimum atomic E-state index is -0.429.